The Balaban J connectivity index is 0.00000144. The van der Waals surface area contributed by atoms with E-state index in [0.29, 0.717) is 12.0 Å². The Bertz CT molecular complexity index is 853. The lowest BCUT2D eigenvalue weighted by Gasteiger charge is -2.06. The maximum atomic E-state index is 12.0. The monoisotopic (exact) mass is 376 g/mol. The fourth-order valence-corrected chi connectivity index (χ4v) is 3.67. The van der Waals surface area contributed by atoms with Crippen molar-refractivity contribution >= 4 is 17.3 Å². The summed E-state index contributed by atoms with van der Waals surface area (Å²) in [6.45, 7) is 0. The minimum absolute atomic E-state index is 0. The molecular weight excluding hydrogens is 364 g/mol. The summed E-state index contributed by atoms with van der Waals surface area (Å²) in [5, 5.41) is 3.27. The fraction of sp³-hybridized carbons (Fsp3) is 0.125. The number of thiazole rings is 1. The first-order chi connectivity index (χ1) is 10.3. The molecule has 112 valence electrons. The quantitative estimate of drug-likeness (QED) is 0.332. The van der Waals surface area contributed by atoms with E-state index in [9.17, 15) is 4.79 Å². The molecule has 4 rings (SSSR count). The predicted molar refractivity (Wildman–Crippen MR) is 79.3 cm³/mol. The van der Waals surface area contributed by atoms with Crippen LogP contribution in [0.4, 0.5) is 0 Å². The molecule has 22 heavy (non-hydrogen) atoms. The lowest BCUT2D eigenvalue weighted by molar-refractivity contribution is -0.597. The zero-order valence-electron chi connectivity index (χ0n) is 11.8. The molecule has 6 heteroatoms. The third-order valence-corrected chi connectivity index (χ3v) is 4.67. The molecule has 0 spiro atoms. The Hall–Kier alpha value is -1.92. The number of benzene rings is 1. The van der Waals surface area contributed by atoms with E-state index in [-0.39, 0.29) is 23.0 Å². The Morgan fingerprint density at radius 2 is 2.14 bits per heavy atom. The van der Waals surface area contributed by atoms with Gasteiger partial charge < -0.3 is 26.3 Å². The van der Waals surface area contributed by atoms with Crippen molar-refractivity contribution in [3.05, 3.63) is 64.4 Å². The van der Waals surface area contributed by atoms with Crippen LogP contribution >= 0.6 is 11.3 Å². The first-order valence-corrected chi connectivity index (χ1v) is 7.54. The molecule has 3 aromatic rings. The summed E-state index contributed by atoms with van der Waals surface area (Å²) in [7, 11) is 1.42. The van der Waals surface area contributed by atoms with E-state index in [1.54, 1.807) is 11.3 Å². The highest BCUT2D eigenvalue weighted by Crippen LogP contribution is 2.28. The van der Waals surface area contributed by atoms with Crippen LogP contribution in [-0.4, -0.2) is 17.6 Å². The van der Waals surface area contributed by atoms with E-state index < -0.39 is 0 Å². The van der Waals surface area contributed by atoms with Crippen LogP contribution in [0, 0.1) is 0 Å². The average molecular weight is 377 g/mol. The Labute approximate surface area is 142 Å². The Kier molecular flexibility index (Phi) is 3.88. The molecular formula is C16H13BrN2O2S. The smallest absolute Gasteiger partial charge is 0.339 e. The molecule has 0 amide bonds. The van der Waals surface area contributed by atoms with Crippen molar-refractivity contribution in [3.63, 3.8) is 0 Å². The molecule has 0 bridgehead atoms. The van der Waals surface area contributed by atoms with Crippen LogP contribution in [0.3, 0.4) is 0 Å². The molecule has 1 aromatic carbocycles. The third kappa shape index (κ3) is 2.10. The van der Waals surface area contributed by atoms with Gasteiger partial charge in [0.05, 0.1) is 24.5 Å². The van der Waals surface area contributed by atoms with E-state index >= 15 is 0 Å². The van der Waals surface area contributed by atoms with Crippen molar-refractivity contribution in [2.24, 2.45) is 0 Å². The Morgan fingerprint density at radius 1 is 1.32 bits per heavy atom. The molecule has 0 saturated carbocycles. The number of carbonyl (C=O) groups excluding carboxylic acids is 1. The van der Waals surface area contributed by atoms with Gasteiger partial charge in [-0.3, -0.25) is 0 Å². The molecule has 0 saturated heterocycles. The highest BCUT2D eigenvalue weighted by molar-refractivity contribution is 7.09. The van der Waals surface area contributed by atoms with Crippen molar-refractivity contribution in [2.75, 3.05) is 7.11 Å². The molecule has 0 N–H and O–H groups in total. The topological polar surface area (TPSA) is 35.1 Å². The lowest BCUT2D eigenvalue weighted by atomic mass is 10.2. The lowest BCUT2D eigenvalue weighted by Crippen LogP contribution is -3.00. The van der Waals surface area contributed by atoms with Crippen molar-refractivity contribution in [3.8, 4) is 11.4 Å². The highest BCUT2D eigenvalue weighted by atomic mass is 79.9. The van der Waals surface area contributed by atoms with Gasteiger partial charge >= 0.3 is 5.97 Å². The van der Waals surface area contributed by atoms with Gasteiger partial charge in [0.2, 0.25) is 10.7 Å². The molecule has 2 aromatic heterocycles. The molecule has 0 radical (unpaired) electrons. The SMILES string of the molecule is COC(=O)c1ccn2c1Cc1scc[n+]1-c1ccccc1-2.[Br-]. The Morgan fingerprint density at radius 3 is 2.95 bits per heavy atom. The van der Waals surface area contributed by atoms with Crippen LogP contribution in [0.15, 0.2) is 48.1 Å². The molecule has 0 atom stereocenters. The van der Waals surface area contributed by atoms with E-state index in [2.05, 4.69) is 32.8 Å². The molecule has 3 heterocycles. The normalized spacial score (nSPS) is 11.5. The van der Waals surface area contributed by atoms with Crippen LogP contribution in [0.2, 0.25) is 0 Å². The van der Waals surface area contributed by atoms with Crippen molar-refractivity contribution < 1.29 is 31.1 Å². The summed E-state index contributed by atoms with van der Waals surface area (Å²) in [6, 6.07) is 10.0. The van der Waals surface area contributed by atoms with Gasteiger partial charge in [0, 0.05) is 18.0 Å². The van der Waals surface area contributed by atoms with Crippen LogP contribution in [-0.2, 0) is 11.2 Å². The van der Waals surface area contributed by atoms with Gasteiger partial charge in [0.1, 0.15) is 5.69 Å². The number of rotatable bonds is 1. The van der Waals surface area contributed by atoms with Gasteiger partial charge in [-0.05, 0) is 12.1 Å². The largest absolute Gasteiger partial charge is 1.00 e. The number of methoxy groups -OCH3 is 1. The van der Waals surface area contributed by atoms with Gasteiger partial charge in [-0.2, -0.15) is 4.57 Å². The first-order valence-electron chi connectivity index (χ1n) is 6.66. The number of nitrogens with zero attached hydrogens (tertiary/aromatic N) is 2. The zero-order valence-corrected chi connectivity index (χ0v) is 14.2. The van der Waals surface area contributed by atoms with Crippen LogP contribution in [0.5, 0.6) is 0 Å². The molecule has 1 aliphatic rings. The summed E-state index contributed by atoms with van der Waals surface area (Å²) >= 11 is 1.69. The second-order valence-electron chi connectivity index (χ2n) is 4.87. The second kappa shape index (κ2) is 5.70. The first kappa shape index (κ1) is 15.0. The number of carbonyl (C=O) groups is 1. The summed E-state index contributed by atoms with van der Waals surface area (Å²) in [5.41, 5.74) is 3.81. The third-order valence-electron chi connectivity index (χ3n) is 3.80. The van der Waals surface area contributed by atoms with E-state index in [0.717, 1.165) is 17.1 Å². The number of ether oxygens (including phenoxy) is 1. The van der Waals surface area contributed by atoms with Gasteiger partial charge in [0.15, 0.2) is 6.20 Å². The number of hydrogen-bond donors (Lipinski definition) is 0. The van der Waals surface area contributed by atoms with Crippen LogP contribution < -0.4 is 21.5 Å². The summed E-state index contributed by atoms with van der Waals surface area (Å²) < 4.78 is 9.18. The van der Waals surface area contributed by atoms with Crippen molar-refractivity contribution in [1.82, 2.24) is 4.57 Å². The number of aromatic nitrogens is 2. The van der Waals surface area contributed by atoms with Gasteiger partial charge in [-0.25, -0.2) is 4.79 Å². The molecule has 1 aliphatic heterocycles. The van der Waals surface area contributed by atoms with Crippen molar-refractivity contribution in [1.29, 1.82) is 0 Å². The van der Waals surface area contributed by atoms with E-state index in [1.165, 1.54) is 12.1 Å². The summed E-state index contributed by atoms with van der Waals surface area (Å²) in [6.07, 6.45) is 4.73. The van der Waals surface area contributed by atoms with Crippen LogP contribution in [0.25, 0.3) is 11.4 Å². The minimum atomic E-state index is -0.286. The summed E-state index contributed by atoms with van der Waals surface area (Å²) in [4.78, 5) is 12.0. The fourth-order valence-electron chi connectivity index (χ4n) is 2.83. The zero-order chi connectivity index (χ0) is 14.4. The predicted octanol–water partition coefficient (Wildman–Crippen LogP) is -0.490. The number of para-hydroxylation sites is 2. The molecule has 0 fully saturated rings. The molecule has 0 aliphatic carbocycles. The second-order valence-corrected chi connectivity index (χ2v) is 5.85. The maximum absolute atomic E-state index is 12.0. The van der Waals surface area contributed by atoms with Crippen LogP contribution in [0.1, 0.15) is 21.1 Å². The standard InChI is InChI=1S/C16H13N2O2S.BrH/c1-20-16(19)11-6-7-17-12-4-2-3-5-13(12)18-8-9-21-15(18)10-14(11)17;/h2-9H,10H2,1H3;1H/q+1;/p-1. The van der Waals surface area contributed by atoms with Gasteiger partial charge in [0.25, 0.3) is 0 Å². The number of fused-ring (bicyclic) bond motifs is 5. The maximum Gasteiger partial charge on any atom is 0.339 e. The number of halogens is 1. The average Bonchev–Trinajstić information content (AvgIpc) is 3.12. The van der Waals surface area contributed by atoms with Crippen molar-refractivity contribution in [2.45, 2.75) is 6.42 Å². The molecule has 0 unspecified atom stereocenters. The highest BCUT2D eigenvalue weighted by Gasteiger charge is 2.29. The molecule has 4 nitrogen and oxygen atoms in total. The van der Waals surface area contributed by atoms with Gasteiger partial charge in [-0.15, -0.1) is 0 Å². The summed E-state index contributed by atoms with van der Waals surface area (Å²) in [5.74, 6) is -0.286. The van der Waals surface area contributed by atoms with E-state index in [1.807, 2.05) is 24.4 Å². The minimum Gasteiger partial charge on any atom is -1.00 e. The number of hydrogen-bond acceptors (Lipinski definition) is 3. The van der Waals surface area contributed by atoms with E-state index in [4.69, 9.17) is 4.74 Å². The van der Waals surface area contributed by atoms with Gasteiger partial charge in [-0.1, -0.05) is 23.5 Å². The number of esters is 1.